The van der Waals surface area contributed by atoms with E-state index in [-0.39, 0.29) is 18.0 Å². The molecule has 1 N–H and O–H groups in total. The van der Waals surface area contributed by atoms with Gasteiger partial charge < -0.3 is 14.8 Å². The van der Waals surface area contributed by atoms with Crippen LogP contribution in [-0.2, 0) is 4.74 Å². The highest BCUT2D eigenvalue weighted by molar-refractivity contribution is 5.43. The predicted molar refractivity (Wildman–Crippen MR) is 82.6 cm³/mol. The normalized spacial score (nSPS) is 20.5. The van der Waals surface area contributed by atoms with Crippen LogP contribution in [-0.4, -0.2) is 30.3 Å². The van der Waals surface area contributed by atoms with E-state index in [2.05, 4.69) is 16.4 Å². The molecule has 0 spiro atoms. The Bertz CT molecular complexity index is 700. The van der Waals surface area contributed by atoms with Gasteiger partial charge in [-0.15, -0.1) is 0 Å². The lowest BCUT2D eigenvalue weighted by Gasteiger charge is -2.32. The van der Waals surface area contributed by atoms with Crippen molar-refractivity contribution in [1.82, 2.24) is 4.98 Å². The Labute approximate surface area is 133 Å². The van der Waals surface area contributed by atoms with E-state index in [9.17, 15) is 4.39 Å². The van der Waals surface area contributed by atoms with Crippen LogP contribution in [0.1, 0.15) is 12.0 Å². The van der Waals surface area contributed by atoms with E-state index in [4.69, 9.17) is 14.7 Å². The maximum absolute atomic E-state index is 13.0. The van der Waals surface area contributed by atoms with Gasteiger partial charge >= 0.3 is 0 Å². The highest BCUT2D eigenvalue weighted by atomic mass is 19.1. The second-order valence-electron chi connectivity index (χ2n) is 5.27. The number of ether oxygens (including phenoxy) is 2. The summed E-state index contributed by atoms with van der Waals surface area (Å²) < 4.78 is 24.4. The number of halogens is 1. The number of anilines is 1. The summed E-state index contributed by atoms with van der Waals surface area (Å²) in [6, 6.07) is 11.3. The second kappa shape index (κ2) is 7.07. The van der Waals surface area contributed by atoms with E-state index in [1.54, 1.807) is 30.5 Å². The average molecular weight is 313 g/mol. The van der Waals surface area contributed by atoms with E-state index < -0.39 is 0 Å². The highest BCUT2D eigenvalue weighted by Crippen LogP contribution is 2.21. The van der Waals surface area contributed by atoms with Crippen molar-refractivity contribution in [3.63, 3.8) is 0 Å². The first-order valence-electron chi connectivity index (χ1n) is 7.37. The molecule has 0 radical (unpaired) electrons. The zero-order chi connectivity index (χ0) is 16.1. The van der Waals surface area contributed by atoms with Crippen molar-refractivity contribution in [1.29, 1.82) is 5.26 Å². The number of hydrogen-bond donors (Lipinski definition) is 1. The fraction of sp³-hybridized carbons (Fsp3) is 0.294. The number of pyridine rings is 1. The maximum Gasteiger partial charge on any atom is 0.127 e. The van der Waals surface area contributed by atoms with Crippen molar-refractivity contribution in [2.45, 2.75) is 18.6 Å². The van der Waals surface area contributed by atoms with Crippen molar-refractivity contribution in [2.75, 3.05) is 18.5 Å². The first kappa shape index (κ1) is 15.3. The second-order valence-corrected chi connectivity index (χ2v) is 5.27. The monoisotopic (exact) mass is 313 g/mol. The topological polar surface area (TPSA) is 67.2 Å². The molecule has 2 atom stereocenters. The van der Waals surface area contributed by atoms with Crippen LogP contribution in [0.3, 0.4) is 0 Å². The molecular formula is C17H16FN3O2. The summed E-state index contributed by atoms with van der Waals surface area (Å²) in [5.41, 5.74) is 0.537. The molecule has 23 heavy (non-hydrogen) atoms. The van der Waals surface area contributed by atoms with Crippen LogP contribution in [0, 0.1) is 17.1 Å². The summed E-state index contributed by atoms with van der Waals surface area (Å²) in [4.78, 5) is 4.21. The third-order valence-electron chi connectivity index (χ3n) is 3.62. The lowest BCUT2D eigenvalue weighted by Crippen LogP contribution is -2.45. The van der Waals surface area contributed by atoms with Crippen LogP contribution < -0.4 is 10.1 Å². The van der Waals surface area contributed by atoms with Crippen LogP contribution in [0.5, 0.6) is 5.75 Å². The molecule has 1 aliphatic rings. The van der Waals surface area contributed by atoms with E-state index in [0.717, 1.165) is 0 Å². The Hall–Kier alpha value is -2.65. The molecule has 1 fully saturated rings. The SMILES string of the molecule is N#Cc1ccnc(N[C@@H]2COCC[C@@H]2Oc2ccc(F)cc2)c1. The number of nitrogens with zero attached hydrogens (tertiary/aromatic N) is 2. The standard InChI is InChI=1S/C17H16FN3O2/c18-13-1-3-14(4-2-13)23-16-6-8-22-11-15(16)21-17-9-12(10-19)5-7-20-17/h1-5,7,9,15-16H,6,8,11H2,(H,20,21)/t15-,16+/m1/s1. The third kappa shape index (κ3) is 3.96. The number of aromatic nitrogens is 1. The number of nitrogens with one attached hydrogen (secondary N) is 1. The molecule has 2 heterocycles. The Morgan fingerprint density at radius 3 is 2.91 bits per heavy atom. The molecule has 0 aliphatic carbocycles. The Morgan fingerprint density at radius 1 is 1.30 bits per heavy atom. The molecule has 6 heteroatoms. The molecule has 0 bridgehead atoms. The average Bonchev–Trinajstić information content (AvgIpc) is 2.59. The van der Waals surface area contributed by atoms with Crippen molar-refractivity contribution < 1.29 is 13.9 Å². The maximum atomic E-state index is 13.0. The summed E-state index contributed by atoms with van der Waals surface area (Å²) >= 11 is 0. The van der Waals surface area contributed by atoms with Gasteiger partial charge in [0.15, 0.2) is 0 Å². The smallest absolute Gasteiger partial charge is 0.127 e. The van der Waals surface area contributed by atoms with Crippen molar-refractivity contribution in [2.24, 2.45) is 0 Å². The van der Waals surface area contributed by atoms with Gasteiger partial charge in [0.25, 0.3) is 0 Å². The Morgan fingerprint density at radius 2 is 2.13 bits per heavy atom. The molecular weight excluding hydrogens is 297 g/mol. The van der Waals surface area contributed by atoms with Gasteiger partial charge in [-0.25, -0.2) is 9.37 Å². The first-order chi connectivity index (χ1) is 11.2. The van der Waals surface area contributed by atoms with E-state index in [1.807, 2.05) is 0 Å². The van der Waals surface area contributed by atoms with E-state index in [0.29, 0.717) is 36.8 Å². The third-order valence-corrected chi connectivity index (χ3v) is 3.62. The van der Waals surface area contributed by atoms with Gasteiger partial charge in [0.05, 0.1) is 30.9 Å². The van der Waals surface area contributed by atoms with E-state index in [1.165, 1.54) is 12.1 Å². The minimum Gasteiger partial charge on any atom is -0.488 e. The predicted octanol–water partition coefficient (Wildman–Crippen LogP) is 2.74. The molecule has 3 rings (SSSR count). The molecule has 118 valence electrons. The van der Waals surface area contributed by atoms with Gasteiger partial charge in [0, 0.05) is 12.6 Å². The van der Waals surface area contributed by atoms with Crippen molar-refractivity contribution >= 4 is 5.82 Å². The summed E-state index contributed by atoms with van der Waals surface area (Å²) in [5, 5.41) is 12.2. The Balaban J connectivity index is 1.70. The number of benzene rings is 1. The fourth-order valence-corrected chi connectivity index (χ4v) is 2.45. The molecule has 1 aromatic carbocycles. The summed E-state index contributed by atoms with van der Waals surface area (Å²) in [6.45, 7) is 1.08. The zero-order valence-corrected chi connectivity index (χ0v) is 12.4. The molecule has 2 aromatic rings. The molecule has 0 unspecified atom stereocenters. The van der Waals surface area contributed by atoms with Gasteiger partial charge in [-0.1, -0.05) is 0 Å². The molecule has 0 saturated carbocycles. The zero-order valence-electron chi connectivity index (χ0n) is 12.4. The van der Waals surface area contributed by atoms with Gasteiger partial charge in [0.2, 0.25) is 0 Å². The first-order valence-corrected chi connectivity index (χ1v) is 7.37. The van der Waals surface area contributed by atoms with Crippen LogP contribution >= 0.6 is 0 Å². The van der Waals surface area contributed by atoms with Crippen LogP contribution in [0.2, 0.25) is 0 Å². The van der Waals surface area contributed by atoms with Crippen LogP contribution in [0.25, 0.3) is 0 Å². The van der Waals surface area contributed by atoms with Gasteiger partial charge in [0.1, 0.15) is 23.5 Å². The van der Waals surface area contributed by atoms with Crippen molar-refractivity contribution in [3.05, 3.63) is 54.0 Å². The van der Waals surface area contributed by atoms with Crippen molar-refractivity contribution in [3.8, 4) is 11.8 Å². The van der Waals surface area contributed by atoms with Crippen LogP contribution in [0.4, 0.5) is 10.2 Å². The number of nitriles is 1. The van der Waals surface area contributed by atoms with E-state index >= 15 is 0 Å². The van der Waals surface area contributed by atoms with Crippen LogP contribution in [0.15, 0.2) is 42.6 Å². The van der Waals surface area contributed by atoms with Gasteiger partial charge in [-0.05, 0) is 36.4 Å². The molecule has 1 saturated heterocycles. The van der Waals surface area contributed by atoms with Gasteiger partial charge in [-0.2, -0.15) is 5.26 Å². The lowest BCUT2D eigenvalue weighted by molar-refractivity contribution is 0.0146. The quantitative estimate of drug-likeness (QED) is 0.940. The number of hydrogen-bond acceptors (Lipinski definition) is 5. The summed E-state index contributed by atoms with van der Waals surface area (Å²) in [5.74, 6) is 0.924. The molecule has 5 nitrogen and oxygen atoms in total. The fourth-order valence-electron chi connectivity index (χ4n) is 2.45. The van der Waals surface area contributed by atoms with Gasteiger partial charge in [-0.3, -0.25) is 0 Å². The molecule has 1 aromatic heterocycles. The molecule has 0 amide bonds. The largest absolute Gasteiger partial charge is 0.488 e. The minimum absolute atomic E-state index is 0.102. The highest BCUT2D eigenvalue weighted by Gasteiger charge is 2.28. The minimum atomic E-state index is -0.295. The Kier molecular flexibility index (Phi) is 4.69. The lowest BCUT2D eigenvalue weighted by atomic mass is 10.1. The summed E-state index contributed by atoms with van der Waals surface area (Å²) in [7, 11) is 0. The number of rotatable bonds is 4. The molecule has 1 aliphatic heterocycles. The summed E-state index contributed by atoms with van der Waals surface area (Å²) in [6.07, 6.45) is 2.18.